The van der Waals surface area contributed by atoms with E-state index < -0.39 is 16.8 Å². The van der Waals surface area contributed by atoms with Crippen molar-refractivity contribution in [2.75, 3.05) is 11.9 Å². The molecule has 0 saturated carbocycles. The summed E-state index contributed by atoms with van der Waals surface area (Å²) >= 11 is 0. The molecule has 1 aromatic carbocycles. The van der Waals surface area contributed by atoms with Gasteiger partial charge in [0.05, 0.1) is 16.2 Å². The van der Waals surface area contributed by atoms with Crippen LogP contribution in [-0.2, 0) is 4.79 Å². The number of benzene rings is 1. The number of carboxylic acids is 1. The summed E-state index contributed by atoms with van der Waals surface area (Å²) in [7, 11) is 0. The molecule has 8 heteroatoms. The third kappa shape index (κ3) is 4.56. The molecule has 4 N–H and O–H groups in total. The van der Waals surface area contributed by atoms with Crippen LogP contribution in [0.3, 0.4) is 0 Å². The van der Waals surface area contributed by atoms with Gasteiger partial charge in [-0.05, 0) is 18.9 Å². The van der Waals surface area contributed by atoms with Gasteiger partial charge in [-0.1, -0.05) is 0 Å². The van der Waals surface area contributed by atoms with E-state index in [1.54, 1.807) is 0 Å². The molecule has 1 amide bonds. The van der Waals surface area contributed by atoms with E-state index >= 15 is 0 Å². The lowest BCUT2D eigenvalue weighted by Crippen LogP contribution is -2.12. The van der Waals surface area contributed by atoms with Crippen molar-refractivity contribution in [3.8, 4) is 0 Å². The molecule has 0 aliphatic carbocycles. The smallest absolute Gasteiger partial charge is 0.337 e. The summed E-state index contributed by atoms with van der Waals surface area (Å²) in [5.41, 5.74) is 4.95. The molecule has 0 aliphatic rings. The molecule has 0 saturated heterocycles. The van der Waals surface area contributed by atoms with Gasteiger partial charge in [0.25, 0.3) is 5.69 Å². The number of nitrogens with zero attached hydrogens (tertiary/aromatic N) is 1. The molecule has 0 heterocycles. The molecule has 0 bridgehead atoms. The Morgan fingerprint density at radius 1 is 1.35 bits per heavy atom. The molecular weight excluding hydrogens is 266 g/mol. The van der Waals surface area contributed by atoms with E-state index in [0.29, 0.717) is 19.4 Å². The Morgan fingerprint density at radius 3 is 2.60 bits per heavy atom. The van der Waals surface area contributed by atoms with Gasteiger partial charge in [-0.25, -0.2) is 4.79 Å². The Labute approximate surface area is 114 Å². The van der Waals surface area contributed by atoms with Crippen molar-refractivity contribution >= 4 is 23.3 Å². The van der Waals surface area contributed by atoms with E-state index in [2.05, 4.69) is 5.32 Å². The molecule has 8 nitrogen and oxygen atoms in total. The number of nitrogens with one attached hydrogen (secondary N) is 1. The number of carbonyl (C=O) groups excluding carboxylic acids is 1. The number of anilines is 1. The first-order valence-corrected chi connectivity index (χ1v) is 5.95. The van der Waals surface area contributed by atoms with Crippen LogP contribution in [0.4, 0.5) is 11.4 Å². The van der Waals surface area contributed by atoms with Crippen LogP contribution in [0.2, 0.25) is 0 Å². The van der Waals surface area contributed by atoms with Crippen molar-refractivity contribution in [2.45, 2.75) is 19.3 Å². The molecule has 0 unspecified atom stereocenters. The number of unbranched alkanes of at least 4 members (excludes halogenated alkanes) is 1. The summed E-state index contributed by atoms with van der Waals surface area (Å²) in [6, 6.07) is 3.51. The summed E-state index contributed by atoms with van der Waals surface area (Å²) in [4.78, 5) is 31.6. The predicted molar refractivity (Wildman–Crippen MR) is 71.6 cm³/mol. The van der Waals surface area contributed by atoms with Crippen LogP contribution in [0.1, 0.15) is 29.6 Å². The Kier molecular flexibility index (Phi) is 5.45. The van der Waals surface area contributed by atoms with Gasteiger partial charge in [-0.15, -0.1) is 0 Å². The number of nitro groups is 1. The van der Waals surface area contributed by atoms with Crippen molar-refractivity contribution in [1.82, 2.24) is 0 Å². The van der Waals surface area contributed by atoms with E-state index in [1.165, 1.54) is 12.1 Å². The van der Waals surface area contributed by atoms with Crippen LogP contribution in [-0.4, -0.2) is 28.5 Å². The van der Waals surface area contributed by atoms with Crippen molar-refractivity contribution in [3.05, 3.63) is 33.9 Å². The Balaban J connectivity index is 2.70. The summed E-state index contributed by atoms with van der Waals surface area (Å²) < 4.78 is 0. The van der Waals surface area contributed by atoms with E-state index in [9.17, 15) is 19.7 Å². The number of rotatable bonds is 8. The second-order valence-electron chi connectivity index (χ2n) is 4.14. The molecule has 0 aromatic heterocycles. The van der Waals surface area contributed by atoms with Gasteiger partial charge in [0.1, 0.15) is 0 Å². The fourth-order valence-corrected chi connectivity index (χ4v) is 1.63. The largest absolute Gasteiger partial charge is 0.478 e. The number of nitro benzene ring substituents is 1. The van der Waals surface area contributed by atoms with E-state index in [0.717, 1.165) is 6.07 Å². The number of primary amides is 1. The van der Waals surface area contributed by atoms with Gasteiger partial charge >= 0.3 is 5.97 Å². The minimum absolute atomic E-state index is 0.0366. The fourth-order valence-electron chi connectivity index (χ4n) is 1.63. The Bertz CT molecular complexity index is 530. The zero-order valence-corrected chi connectivity index (χ0v) is 10.7. The summed E-state index contributed by atoms with van der Waals surface area (Å²) in [5.74, 6) is -1.56. The zero-order chi connectivity index (χ0) is 15.1. The maximum atomic E-state index is 11.0. The summed E-state index contributed by atoms with van der Waals surface area (Å²) in [5, 5.41) is 22.5. The number of carbonyl (C=O) groups is 2. The number of hydrogen-bond donors (Lipinski definition) is 3. The first-order valence-electron chi connectivity index (χ1n) is 5.95. The number of aromatic carboxylic acids is 1. The van der Waals surface area contributed by atoms with Crippen LogP contribution in [0.25, 0.3) is 0 Å². The van der Waals surface area contributed by atoms with Gasteiger partial charge in [-0.2, -0.15) is 0 Å². The second-order valence-corrected chi connectivity index (χ2v) is 4.14. The number of nitrogens with two attached hydrogens (primary N) is 1. The lowest BCUT2D eigenvalue weighted by molar-refractivity contribution is -0.384. The van der Waals surface area contributed by atoms with E-state index in [-0.39, 0.29) is 23.4 Å². The average Bonchev–Trinajstić information content (AvgIpc) is 2.37. The molecular formula is C12H15N3O5. The van der Waals surface area contributed by atoms with Crippen molar-refractivity contribution < 1.29 is 19.6 Å². The first-order chi connectivity index (χ1) is 9.41. The minimum atomic E-state index is -1.17. The highest BCUT2D eigenvalue weighted by molar-refractivity contribution is 5.94. The number of non-ortho nitro benzene ring substituents is 1. The molecule has 0 atom stereocenters. The highest BCUT2D eigenvalue weighted by atomic mass is 16.6. The van der Waals surface area contributed by atoms with Crippen molar-refractivity contribution in [2.24, 2.45) is 5.73 Å². The zero-order valence-electron chi connectivity index (χ0n) is 10.7. The molecule has 1 aromatic rings. The van der Waals surface area contributed by atoms with Gasteiger partial charge < -0.3 is 16.2 Å². The third-order valence-electron chi connectivity index (χ3n) is 2.61. The van der Waals surface area contributed by atoms with Crippen LogP contribution >= 0.6 is 0 Å². The quantitative estimate of drug-likeness (QED) is 0.374. The minimum Gasteiger partial charge on any atom is -0.478 e. The highest BCUT2D eigenvalue weighted by Crippen LogP contribution is 2.22. The van der Waals surface area contributed by atoms with E-state index in [1.807, 2.05) is 0 Å². The fraction of sp³-hybridized carbons (Fsp3) is 0.333. The Morgan fingerprint density at radius 2 is 2.05 bits per heavy atom. The van der Waals surface area contributed by atoms with Gasteiger partial charge in [-0.3, -0.25) is 14.9 Å². The monoisotopic (exact) mass is 281 g/mol. The van der Waals surface area contributed by atoms with Crippen molar-refractivity contribution in [3.63, 3.8) is 0 Å². The molecule has 0 aliphatic heterocycles. The molecule has 108 valence electrons. The van der Waals surface area contributed by atoms with E-state index in [4.69, 9.17) is 10.8 Å². The van der Waals surface area contributed by atoms with Crippen LogP contribution in [0.5, 0.6) is 0 Å². The number of carboxylic acid groups (broad SMARTS) is 1. The number of hydrogen-bond acceptors (Lipinski definition) is 5. The van der Waals surface area contributed by atoms with Crippen molar-refractivity contribution in [1.29, 1.82) is 0 Å². The van der Waals surface area contributed by atoms with Gasteiger partial charge in [0, 0.05) is 25.1 Å². The maximum absolute atomic E-state index is 11.0. The Hall–Kier alpha value is -2.64. The SMILES string of the molecule is NC(=O)CCCCNc1cc([N+](=O)[O-])ccc1C(=O)O. The highest BCUT2D eigenvalue weighted by Gasteiger charge is 2.14. The maximum Gasteiger partial charge on any atom is 0.337 e. The van der Waals surface area contributed by atoms with Crippen LogP contribution < -0.4 is 11.1 Å². The van der Waals surface area contributed by atoms with Gasteiger partial charge in [0.2, 0.25) is 5.91 Å². The molecule has 0 radical (unpaired) electrons. The normalized spacial score (nSPS) is 10.0. The van der Waals surface area contributed by atoms with Crippen LogP contribution in [0, 0.1) is 10.1 Å². The molecule has 0 spiro atoms. The lowest BCUT2D eigenvalue weighted by Gasteiger charge is -2.09. The topological polar surface area (TPSA) is 136 Å². The third-order valence-corrected chi connectivity index (χ3v) is 2.61. The molecule has 0 fully saturated rings. The second kappa shape index (κ2) is 7.07. The molecule has 1 rings (SSSR count). The summed E-state index contributed by atoms with van der Waals surface area (Å²) in [6.07, 6.45) is 1.42. The summed E-state index contributed by atoms with van der Waals surface area (Å²) in [6.45, 7) is 0.398. The predicted octanol–water partition coefficient (Wildman–Crippen LogP) is 1.36. The van der Waals surface area contributed by atoms with Gasteiger partial charge in [0.15, 0.2) is 0 Å². The first kappa shape index (κ1) is 15.4. The lowest BCUT2D eigenvalue weighted by atomic mass is 10.1. The standard InChI is InChI=1S/C12H15N3O5/c13-11(16)3-1-2-6-14-10-7-8(15(19)20)4-5-9(10)12(17)18/h4-5,7,14H,1-3,6H2,(H2,13,16)(H,17,18). The average molecular weight is 281 g/mol. The van der Waals surface area contributed by atoms with Crippen LogP contribution in [0.15, 0.2) is 18.2 Å². The molecule has 20 heavy (non-hydrogen) atoms. The number of amides is 1.